The van der Waals surface area contributed by atoms with Crippen LogP contribution in [-0.2, 0) is 11.3 Å². The minimum absolute atomic E-state index is 0.207. The Kier molecular flexibility index (Phi) is 4.62. The molecule has 3 rings (SSSR count). The number of nitrogens with one attached hydrogen (secondary N) is 1. The van der Waals surface area contributed by atoms with Gasteiger partial charge in [-0.25, -0.2) is 9.38 Å². The predicted molar refractivity (Wildman–Crippen MR) is 85.3 cm³/mol. The van der Waals surface area contributed by atoms with Crippen molar-refractivity contribution in [3.05, 3.63) is 35.6 Å². The van der Waals surface area contributed by atoms with Crippen molar-refractivity contribution in [1.29, 1.82) is 0 Å². The average Bonchev–Trinajstić information content (AvgIpc) is 3.14. The summed E-state index contributed by atoms with van der Waals surface area (Å²) in [5.74, 6) is 0.719. The molecule has 2 heterocycles. The van der Waals surface area contributed by atoms with E-state index in [4.69, 9.17) is 4.74 Å². The van der Waals surface area contributed by atoms with Crippen LogP contribution >= 0.6 is 0 Å². The molecule has 0 radical (unpaired) electrons. The lowest BCUT2D eigenvalue weighted by atomic mass is 9.87. The lowest BCUT2D eigenvalue weighted by Crippen LogP contribution is -2.41. The maximum Gasteiger partial charge on any atom is 0.194 e. The summed E-state index contributed by atoms with van der Waals surface area (Å²) in [5, 5.41) is 3.36. The van der Waals surface area contributed by atoms with E-state index in [0.717, 1.165) is 57.2 Å². The summed E-state index contributed by atoms with van der Waals surface area (Å²) < 4.78 is 18.8. The molecule has 0 amide bonds. The maximum atomic E-state index is 13.3. The second-order valence-corrected chi connectivity index (χ2v) is 6.27. The fourth-order valence-electron chi connectivity index (χ4n) is 3.31. The highest BCUT2D eigenvalue weighted by molar-refractivity contribution is 5.80. The molecule has 2 fully saturated rings. The van der Waals surface area contributed by atoms with Crippen molar-refractivity contribution in [3.63, 3.8) is 0 Å². The molecule has 1 atom stereocenters. The third kappa shape index (κ3) is 3.40. The minimum Gasteiger partial charge on any atom is -0.381 e. The highest BCUT2D eigenvalue weighted by Gasteiger charge is 2.42. The highest BCUT2D eigenvalue weighted by Crippen LogP contribution is 2.38. The number of benzene rings is 1. The molecule has 1 aromatic rings. The van der Waals surface area contributed by atoms with Crippen molar-refractivity contribution >= 4 is 5.96 Å². The average molecular weight is 305 g/mol. The summed E-state index contributed by atoms with van der Waals surface area (Å²) in [6, 6.07) is 6.65. The fraction of sp³-hybridized carbons (Fsp3) is 0.588. The van der Waals surface area contributed by atoms with E-state index < -0.39 is 0 Å². The van der Waals surface area contributed by atoms with Crippen molar-refractivity contribution in [2.75, 3.05) is 32.8 Å². The molecule has 0 saturated carbocycles. The van der Waals surface area contributed by atoms with Gasteiger partial charge in [0.15, 0.2) is 5.96 Å². The molecule has 120 valence electrons. The van der Waals surface area contributed by atoms with Crippen LogP contribution in [-0.4, -0.2) is 43.7 Å². The van der Waals surface area contributed by atoms with Crippen molar-refractivity contribution in [2.24, 2.45) is 10.4 Å². The minimum atomic E-state index is -0.207. The zero-order valence-electron chi connectivity index (χ0n) is 13.1. The number of likely N-dealkylation sites (tertiary alicyclic amines) is 1. The Balaban J connectivity index is 1.68. The van der Waals surface area contributed by atoms with Crippen LogP contribution in [0.5, 0.6) is 0 Å². The van der Waals surface area contributed by atoms with Crippen LogP contribution in [0.25, 0.3) is 0 Å². The molecule has 0 bridgehead atoms. The largest absolute Gasteiger partial charge is 0.381 e. The Labute approximate surface area is 131 Å². The van der Waals surface area contributed by atoms with Gasteiger partial charge in [0, 0.05) is 31.7 Å². The first-order valence-corrected chi connectivity index (χ1v) is 8.06. The first kappa shape index (κ1) is 15.3. The Morgan fingerprint density at radius 1 is 1.45 bits per heavy atom. The Hall–Kier alpha value is -1.62. The Morgan fingerprint density at radius 2 is 2.36 bits per heavy atom. The van der Waals surface area contributed by atoms with E-state index >= 15 is 0 Å². The summed E-state index contributed by atoms with van der Waals surface area (Å²) in [5.41, 5.74) is 1.21. The normalized spacial score (nSPS) is 25.2. The van der Waals surface area contributed by atoms with Gasteiger partial charge in [0.2, 0.25) is 0 Å². The van der Waals surface area contributed by atoms with Gasteiger partial charge in [-0.3, -0.25) is 0 Å². The molecule has 2 aliphatic rings. The Bertz CT molecular complexity index is 540. The van der Waals surface area contributed by atoms with Gasteiger partial charge in [-0.15, -0.1) is 0 Å². The molecule has 1 N–H and O–H groups in total. The van der Waals surface area contributed by atoms with Crippen LogP contribution in [0.4, 0.5) is 4.39 Å². The van der Waals surface area contributed by atoms with Crippen LogP contribution in [0, 0.1) is 11.2 Å². The number of nitrogens with zero attached hydrogens (tertiary/aromatic N) is 2. The molecule has 2 aliphatic heterocycles. The maximum absolute atomic E-state index is 13.3. The summed E-state index contributed by atoms with van der Waals surface area (Å²) in [7, 11) is 0. The van der Waals surface area contributed by atoms with Crippen LogP contribution in [0.1, 0.15) is 25.3 Å². The van der Waals surface area contributed by atoms with Crippen LogP contribution < -0.4 is 5.32 Å². The standard InChI is InChI=1S/C17H24FN3O/c1-2-19-16(20-11-14-4-3-5-15(18)10-14)21-8-6-17(12-21)7-9-22-13-17/h3-5,10H,2,6-9,11-13H2,1H3,(H,19,20). The molecule has 1 aromatic carbocycles. The third-order valence-corrected chi connectivity index (χ3v) is 4.56. The van der Waals surface area contributed by atoms with Gasteiger partial charge < -0.3 is 15.0 Å². The van der Waals surface area contributed by atoms with E-state index in [1.807, 2.05) is 6.07 Å². The van der Waals surface area contributed by atoms with E-state index in [2.05, 4.69) is 22.1 Å². The van der Waals surface area contributed by atoms with Crippen molar-refractivity contribution in [1.82, 2.24) is 10.2 Å². The van der Waals surface area contributed by atoms with Crippen LogP contribution in [0.2, 0.25) is 0 Å². The molecule has 22 heavy (non-hydrogen) atoms. The van der Waals surface area contributed by atoms with Crippen LogP contribution in [0.3, 0.4) is 0 Å². The summed E-state index contributed by atoms with van der Waals surface area (Å²) >= 11 is 0. The van der Waals surface area contributed by atoms with Gasteiger partial charge in [0.05, 0.1) is 13.2 Å². The highest BCUT2D eigenvalue weighted by atomic mass is 19.1. The smallest absolute Gasteiger partial charge is 0.194 e. The van der Waals surface area contributed by atoms with E-state index in [9.17, 15) is 4.39 Å². The first-order valence-electron chi connectivity index (χ1n) is 8.06. The van der Waals surface area contributed by atoms with Gasteiger partial charge in [-0.1, -0.05) is 12.1 Å². The van der Waals surface area contributed by atoms with E-state index in [1.54, 1.807) is 12.1 Å². The van der Waals surface area contributed by atoms with Crippen molar-refractivity contribution < 1.29 is 9.13 Å². The fourth-order valence-corrected chi connectivity index (χ4v) is 3.31. The lowest BCUT2D eigenvalue weighted by Gasteiger charge is -2.25. The molecule has 0 aliphatic carbocycles. The van der Waals surface area contributed by atoms with Crippen LogP contribution in [0.15, 0.2) is 29.3 Å². The summed E-state index contributed by atoms with van der Waals surface area (Å²) in [4.78, 5) is 7.00. The Morgan fingerprint density at radius 3 is 3.09 bits per heavy atom. The lowest BCUT2D eigenvalue weighted by molar-refractivity contribution is 0.156. The van der Waals surface area contributed by atoms with Crippen molar-refractivity contribution in [3.8, 4) is 0 Å². The monoisotopic (exact) mass is 305 g/mol. The second kappa shape index (κ2) is 6.65. The molecular formula is C17H24FN3O. The number of hydrogen-bond acceptors (Lipinski definition) is 2. The van der Waals surface area contributed by atoms with Gasteiger partial charge >= 0.3 is 0 Å². The van der Waals surface area contributed by atoms with Gasteiger partial charge in [0.25, 0.3) is 0 Å². The predicted octanol–water partition coefficient (Wildman–Crippen LogP) is 2.40. The molecule has 2 saturated heterocycles. The summed E-state index contributed by atoms with van der Waals surface area (Å²) in [6.07, 6.45) is 2.31. The molecule has 0 aromatic heterocycles. The molecular weight excluding hydrogens is 281 g/mol. The number of rotatable bonds is 3. The number of halogens is 1. The number of ether oxygens (including phenoxy) is 1. The van der Waals surface area contributed by atoms with E-state index in [0.29, 0.717) is 12.0 Å². The quantitative estimate of drug-likeness (QED) is 0.688. The van der Waals surface area contributed by atoms with E-state index in [-0.39, 0.29) is 5.82 Å². The van der Waals surface area contributed by atoms with E-state index in [1.165, 1.54) is 6.07 Å². The number of guanidine groups is 1. The zero-order chi connectivity index (χ0) is 15.4. The molecule has 4 nitrogen and oxygen atoms in total. The number of hydrogen-bond donors (Lipinski definition) is 1. The third-order valence-electron chi connectivity index (χ3n) is 4.56. The summed E-state index contributed by atoms with van der Waals surface area (Å²) in [6.45, 7) is 7.17. The topological polar surface area (TPSA) is 36.9 Å². The zero-order valence-corrected chi connectivity index (χ0v) is 13.1. The van der Waals surface area contributed by atoms with Gasteiger partial charge in [-0.05, 0) is 37.5 Å². The molecule has 5 heteroatoms. The van der Waals surface area contributed by atoms with Gasteiger partial charge in [-0.2, -0.15) is 0 Å². The number of aliphatic imine (C=N–C) groups is 1. The molecule has 1 unspecified atom stereocenters. The first-order chi connectivity index (χ1) is 10.7. The van der Waals surface area contributed by atoms with Gasteiger partial charge in [0.1, 0.15) is 5.82 Å². The second-order valence-electron chi connectivity index (χ2n) is 6.27. The van der Waals surface area contributed by atoms with Crippen molar-refractivity contribution in [2.45, 2.75) is 26.3 Å². The SMILES string of the molecule is CCNC(=NCc1cccc(F)c1)N1CCC2(CCOC2)C1. The molecule has 1 spiro atoms.